The molecule has 0 spiro atoms. The number of aryl methyl sites for hydroxylation is 3. The van der Waals surface area contributed by atoms with Crippen molar-refractivity contribution in [3.05, 3.63) is 74.9 Å². The van der Waals surface area contributed by atoms with Crippen LogP contribution in [0.4, 0.5) is 0 Å². The van der Waals surface area contributed by atoms with E-state index in [9.17, 15) is 0 Å². The largest absolute Gasteiger partial charge is 0.258 e. The molecule has 0 fully saturated rings. The van der Waals surface area contributed by atoms with E-state index in [2.05, 4.69) is 73.6 Å². The molecule has 128 valence electrons. The smallest absolute Gasteiger partial charge is 0.206 e. The molecule has 0 radical (unpaired) electrons. The monoisotopic (exact) mass is 349 g/mol. The van der Waals surface area contributed by atoms with E-state index in [-0.39, 0.29) is 0 Å². The van der Waals surface area contributed by atoms with Gasteiger partial charge in [-0.1, -0.05) is 42.0 Å². The van der Waals surface area contributed by atoms with Crippen LogP contribution in [0.15, 0.2) is 57.9 Å². The van der Waals surface area contributed by atoms with E-state index in [1.807, 2.05) is 17.8 Å². The molecule has 0 unspecified atom stereocenters. The first kappa shape index (κ1) is 17.4. The molecule has 0 aliphatic carbocycles. The Morgan fingerprint density at radius 1 is 1.00 bits per heavy atom. The minimum atomic E-state index is 0.743. The number of hydrogen-bond acceptors (Lipinski definition) is 3. The van der Waals surface area contributed by atoms with Crippen LogP contribution in [0.25, 0.3) is 11.3 Å². The van der Waals surface area contributed by atoms with Crippen LogP contribution in [-0.4, -0.2) is 17.4 Å². The Morgan fingerprint density at radius 3 is 2.44 bits per heavy atom. The van der Waals surface area contributed by atoms with Crippen LogP contribution in [0.3, 0.4) is 0 Å². The van der Waals surface area contributed by atoms with E-state index in [1.54, 1.807) is 11.3 Å². The lowest BCUT2D eigenvalue weighted by atomic mass is 10.1. The van der Waals surface area contributed by atoms with Gasteiger partial charge in [0, 0.05) is 17.5 Å². The first-order valence-corrected chi connectivity index (χ1v) is 9.36. The average Bonchev–Trinajstić information content (AvgIpc) is 3.00. The molecule has 1 aromatic heterocycles. The number of rotatable bonds is 4. The molecule has 3 rings (SSSR count). The molecule has 0 aliphatic rings. The van der Waals surface area contributed by atoms with Crippen molar-refractivity contribution in [2.45, 2.75) is 27.7 Å². The van der Waals surface area contributed by atoms with Gasteiger partial charge in [0.05, 0.1) is 11.9 Å². The van der Waals surface area contributed by atoms with E-state index in [0.717, 1.165) is 28.2 Å². The van der Waals surface area contributed by atoms with Gasteiger partial charge < -0.3 is 0 Å². The number of hydrogen-bond donors (Lipinski definition) is 0. The predicted molar refractivity (Wildman–Crippen MR) is 107 cm³/mol. The highest BCUT2D eigenvalue weighted by molar-refractivity contribution is 7.07. The fraction of sp³-hybridized carbons (Fsp3) is 0.238. The normalized spacial score (nSPS) is 12.2. The molecule has 3 aromatic rings. The second-order valence-electron chi connectivity index (χ2n) is 6.14. The van der Waals surface area contributed by atoms with Gasteiger partial charge >= 0.3 is 0 Å². The third kappa shape index (κ3) is 3.97. The maximum Gasteiger partial charge on any atom is 0.206 e. The van der Waals surface area contributed by atoms with E-state index >= 15 is 0 Å². The molecular weight excluding hydrogens is 326 g/mol. The van der Waals surface area contributed by atoms with E-state index in [0.29, 0.717) is 0 Å². The summed E-state index contributed by atoms with van der Waals surface area (Å²) in [5, 5.41) is 6.85. The molecular formula is C21H23N3S. The van der Waals surface area contributed by atoms with Gasteiger partial charge in [-0.05, 0) is 50.5 Å². The summed E-state index contributed by atoms with van der Waals surface area (Å²) in [4.78, 5) is 5.50. The van der Waals surface area contributed by atoms with E-state index in [1.165, 1.54) is 16.7 Å². The lowest BCUT2D eigenvalue weighted by Gasteiger charge is -2.06. The maximum atomic E-state index is 4.72. The van der Waals surface area contributed by atoms with Gasteiger partial charge in [-0.3, -0.25) is 4.99 Å². The van der Waals surface area contributed by atoms with Gasteiger partial charge in [0.25, 0.3) is 0 Å². The van der Waals surface area contributed by atoms with Crippen molar-refractivity contribution in [3.8, 4) is 11.3 Å². The summed E-state index contributed by atoms with van der Waals surface area (Å²) >= 11 is 1.63. The second-order valence-corrected chi connectivity index (χ2v) is 6.98. The highest BCUT2D eigenvalue weighted by atomic mass is 32.1. The summed E-state index contributed by atoms with van der Waals surface area (Å²) in [6.07, 6.45) is 1.89. The topological polar surface area (TPSA) is 29.6 Å². The van der Waals surface area contributed by atoms with Crippen molar-refractivity contribution in [2.75, 3.05) is 6.54 Å². The Kier molecular flexibility index (Phi) is 5.29. The third-order valence-electron chi connectivity index (χ3n) is 4.18. The van der Waals surface area contributed by atoms with Crippen molar-refractivity contribution >= 4 is 17.6 Å². The summed E-state index contributed by atoms with van der Waals surface area (Å²) in [5.41, 5.74) is 7.15. The van der Waals surface area contributed by atoms with Gasteiger partial charge in [-0.25, -0.2) is 4.68 Å². The summed E-state index contributed by atoms with van der Waals surface area (Å²) in [6.45, 7) is 9.15. The van der Waals surface area contributed by atoms with Crippen molar-refractivity contribution in [3.63, 3.8) is 0 Å². The number of benzene rings is 2. The Hall–Kier alpha value is -2.46. The number of aromatic nitrogens is 1. The zero-order valence-corrected chi connectivity index (χ0v) is 16.0. The molecule has 0 bridgehead atoms. The van der Waals surface area contributed by atoms with Gasteiger partial charge in [-0.2, -0.15) is 5.10 Å². The molecule has 0 N–H and O–H groups in total. The lowest BCUT2D eigenvalue weighted by molar-refractivity contribution is 0.833. The van der Waals surface area contributed by atoms with Crippen molar-refractivity contribution in [1.29, 1.82) is 0 Å². The molecule has 0 saturated carbocycles. The Labute approximate surface area is 153 Å². The lowest BCUT2D eigenvalue weighted by Crippen LogP contribution is -2.12. The zero-order chi connectivity index (χ0) is 17.8. The fourth-order valence-electron chi connectivity index (χ4n) is 2.53. The van der Waals surface area contributed by atoms with Crippen LogP contribution in [-0.2, 0) is 0 Å². The fourth-order valence-corrected chi connectivity index (χ4v) is 3.43. The van der Waals surface area contributed by atoms with Gasteiger partial charge in [0.1, 0.15) is 0 Å². The Morgan fingerprint density at radius 2 is 1.76 bits per heavy atom. The second kappa shape index (κ2) is 7.62. The van der Waals surface area contributed by atoms with E-state index < -0.39 is 0 Å². The van der Waals surface area contributed by atoms with Crippen LogP contribution in [0.1, 0.15) is 29.2 Å². The van der Waals surface area contributed by atoms with Crippen LogP contribution >= 0.6 is 11.3 Å². The Bertz CT molecular complexity index is 960. The average molecular weight is 350 g/mol. The number of thiazole rings is 1. The van der Waals surface area contributed by atoms with Crippen LogP contribution in [0.2, 0.25) is 0 Å². The summed E-state index contributed by atoms with van der Waals surface area (Å²) < 4.78 is 1.94. The van der Waals surface area contributed by atoms with E-state index in [4.69, 9.17) is 5.10 Å². The first-order chi connectivity index (χ1) is 12.1. The molecule has 1 heterocycles. The molecule has 2 aromatic carbocycles. The van der Waals surface area contributed by atoms with Crippen LogP contribution < -0.4 is 4.80 Å². The number of nitrogens with zero attached hydrogens (tertiary/aromatic N) is 3. The van der Waals surface area contributed by atoms with Crippen LogP contribution in [0.5, 0.6) is 0 Å². The van der Waals surface area contributed by atoms with Gasteiger partial charge in [-0.15, -0.1) is 11.3 Å². The molecule has 25 heavy (non-hydrogen) atoms. The maximum absolute atomic E-state index is 4.72. The van der Waals surface area contributed by atoms with Crippen molar-refractivity contribution in [2.24, 2.45) is 10.1 Å². The molecule has 0 saturated heterocycles. The molecule has 4 heteroatoms. The standard InChI is InChI=1S/C21H23N3S/c1-5-22-21-24(23-13-18-9-6-15(2)7-10-18)20(14-25-21)19-11-8-16(3)17(4)12-19/h6-14H,5H2,1-4H3/b22-21?,23-13+. The zero-order valence-electron chi connectivity index (χ0n) is 15.2. The highest BCUT2D eigenvalue weighted by Gasteiger charge is 2.08. The summed E-state index contributed by atoms with van der Waals surface area (Å²) in [6, 6.07) is 14.9. The molecule has 0 atom stereocenters. The minimum absolute atomic E-state index is 0.743. The Balaban J connectivity index is 2.07. The molecule has 0 amide bonds. The quantitative estimate of drug-likeness (QED) is 0.597. The van der Waals surface area contributed by atoms with Crippen molar-refractivity contribution < 1.29 is 0 Å². The first-order valence-electron chi connectivity index (χ1n) is 8.48. The summed E-state index contributed by atoms with van der Waals surface area (Å²) in [7, 11) is 0. The SMILES string of the molecule is CCN=c1scc(-c2ccc(C)c(C)c2)n1/N=C/c1ccc(C)cc1. The highest BCUT2D eigenvalue weighted by Crippen LogP contribution is 2.23. The van der Waals surface area contributed by atoms with Gasteiger partial charge in [0.2, 0.25) is 4.80 Å². The minimum Gasteiger partial charge on any atom is -0.258 e. The van der Waals surface area contributed by atoms with Gasteiger partial charge in [0.15, 0.2) is 0 Å². The third-order valence-corrected chi connectivity index (χ3v) is 5.03. The van der Waals surface area contributed by atoms with Crippen molar-refractivity contribution in [1.82, 2.24) is 4.68 Å². The summed E-state index contributed by atoms with van der Waals surface area (Å²) in [5.74, 6) is 0. The molecule has 3 nitrogen and oxygen atoms in total. The predicted octanol–water partition coefficient (Wildman–Crippen LogP) is 4.94. The van der Waals surface area contributed by atoms with Crippen LogP contribution in [0, 0.1) is 20.8 Å². The molecule has 0 aliphatic heterocycles.